The Balaban J connectivity index is 3.12. The highest BCUT2D eigenvalue weighted by Gasteiger charge is 2.26. The molecule has 0 saturated carbocycles. The van der Waals surface area contributed by atoms with Crippen LogP contribution in [0.3, 0.4) is 0 Å². The predicted octanol–water partition coefficient (Wildman–Crippen LogP) is 3.71. The van der Waals surface area contributed by atoms with Gasteiger partial charge in [-0.2, -0.15) is 0 Å². The number of rotatable bonds is 5. The number of nitrogens with one attached hydrogen (secondary N) is 1. The number of methoxy groups -OCH3 is 1. The first-order valence-electron chi connectivity index (χ1n) is 7.42. The number of anilines is 1. The average molecular weight is 315 g/mol. The molecule has 1 aromatic carbocycles. The quantitative estimate of drug-likeness (QED) is 0.389. The van der Waals surface area contributed by atoms with Crippen LogP contribution in [-0.4, -0.2) is 27.2 Å². The van der Waals surface area contributed by atoms with Gasteiger partial charge in [0.25, 0.3) is 0 Å². The molecule has 0 aliphatic carbocycles. The minimum Gasteiger partial charge on any atom is -0.468 e. The fraction of sp³-hybridized carbons (Fsp3) is 0.389. The summed E-state index contributed by atoms with van der Waals surface area (Å²) >= 11 is 0. The van der Waals surface area contributed by atoms with E-state index in [1.54, 1.807) is 0 Å². The summed E-state index contributed by atoms with van der Waals surface area (Å²) < 4.78 is 4.93. The highest BCUT2D eigenvalue weighted by atomic mass is 28.3. The maximum Gasteiger partial charge on any atom is 0.315 e. The first-order valence-corrected chi connectivity index (χ1v) is 10.9. The molecule has 0 aromatic heterocycles. The largest absolute Gasteiger partial charge is 0.468 e. The van der Waals surface area contributed by atoms with Crippen molar-refractivity contribution in [2.24, 2.45) is 5.92 Å². The molecule has 2 atom stereocenters. The van der Waals surface area contributed by atoms with Crippen molar-refractivity contribution < 1.29 is 9.53 Å². The van der Waals surface area contributed by atoms with Crippen LogP contribution in [0, 0.1) is 17.4 Å². The second-order valence-corrected chi connectivity index (χ2v) is 10.8. The van der Waals surface area contributed by atoms with Crippen molar-refractivity contribution >= 4 is 19.7 Å². The zero-order chi connectivity index (χ0) is 16.6. The van der Waals surface area contributed by atoms with Crippen LogP contribution < -0.4 is 5.32 Å². The number of para-hydroxylation sites is 1. The molecule has 1 rings (SSSR count). The monoisotopic (exact) mass is 315 g/mol. The molecule has 4 heteroatoms. The Kier molecular flexibility index (Phi) is 6.94. The molecule has 0 fully saturated rings. The van der Waals surface area contributed by atoms with Gasteiger partial charge in [0.15, 0.2) is 0 Å². The molecule has 0 aliphatic heterocycles. The van der Waals surface area contributed by atoms with E-state index in [1.165, 1.54) is 7.11 Å². The van der Waals surface area contributed by atoms with Crippen molar-refractivity contribution in [1.82, 2.24) is 0 Å². The van der Waals surface area contributed by atoms with Crippen LogP contribution in [-0.2, 0) is 9.53 Å². The molecule has 0 saturated heterocycles. The summed E-state index contributed by atoms with van der Waals surface area (Å²) in [5.74, 6) is 2.54. The molecule has 118 valence electrons. The third-order valence-corrected chi connectivity index (χ3v) is 3.83. The van der Waals surface area contributed by atoms with Gasteiger partial charge in [-0.3, -0.25) is 4.79 Å². The Hall–Kier alpha value is -1.99. The number of hydrogen-bond acceptors (Lipinski definition) is 3. The van der Waals surface area contributed by atoms with Crippen LogP contribution in [0.2, 0.25) is 19.6 Å². The van der Waals surface area contributed by atoms with E-state index in [4.69, 9.17) is 4.74 Å². The van der Waals surface area contributed by atoms with Gasteiger partial charge >= 0.3 is 5.97 Å². The summed E-state index contributed by atoms with van der Waals surface area (Å²) in [4.78, 5) is 12.1. The molecule has 2 unspecified atom stereocenters. The lowest BCUT2D eigenvalue weighted by molar-refractivity contribution is -0.143. The minimum absolute atomic E-state index is 0.281. The molecule has 0 radical (unpaired) electrons. The molecule has 0 bridgehead atoms. The van der Waals surface area contributed by atoms with E-state index in [0.717, 1.165) is 5.69 Å². The molecule has 0 amide bonds. The van der Waals surface area contributed by atoms with Crippen molar-refractivity contribution in [3.8, 4) is 11.5 Å². The second-order valence-electron chi connectivity index (χ2n) is 6.08. The zero-order valence-corrected chi connectivity index (χ0v) is 15.0. The Labute approximate surface area is 134 Å². The van der Waals surface area contributed by atoms with Crippen molar-refractivity contribution in [2.75, 3.05) is 12.4 Å². The highest BCUT2D eigenvalue weighted by molar-refractivity contribution is 6.83. The summed E-state index contributed by atoms with van der Waals surface area (Å²) in [6, 6.07) is 9.48. The van der Waals surface area contributed by atoms with Crippen LogP contribution in [0.15, 0.2) is 42.5 Å². The van der Waals surface area contributed by atoms with E-state index in [-0.39, 0.29) is 12.0 Å². The Morgan fingerprint density at radius 3 is 2.41 bits per heavy atom. The van der Waals surface area contributed by atoms with Crippen LogP contribution in [0.4, 0.5) is 5.69 Å². The van der Waals surface area contributed by atoms with Crippen molar-refractivity contribution in [1.29, 1.82) is 0 Å². The summed E-state index contributed by atoms with van der Waals surface area (Å²) in [6.45, 7) is 8.44. The summed E-state index contributed by atoms with van der Waals surface area (Å²) in [5.41, 5.74) is 4.29. The van der Waals surface area contributed by atoms with Gasteiger partial charge in [0.05, 0.1) is 7.11 Å². The fourth-order valence-electron chi connectivity index (χ4n) is 1.89. The number of carbonyl (C=O) groups is 1. The van der Waals surface area contributed by atoms with Crippen molar-refractivity contribution in [2.45, 2.75) is 32.6 Å². The SMILES string of the molecule is C/C=C/C(C(=O)OC)C(C#C[Si](C)(C)C)Nc1ccccc1. The van der Waals surface area contributed by atoms with Gasteiger partial charge < -0.3 is 10.1 Å². The van der Waals surface area contributed by atoms with Gasteiger partial charge in [-0.15, -0.1) is 5.54 Å². The number of esters is 1. The van der Waals surface area contributed by atoms with E-state index in [2.05, 4.69) is 36.4 Å². The Bertz CT molecular complexity index is 564. The molecule has 1 aromatic rings. The molecule has 3 nitrogen and oxygen atoms in total. The third-order valence-electron chi connectivity index (χ3n) is 2.93. The molecule has 1 N–H and O–H groups in total. The van der Waals surface area contributed by atoms with Gasteiger partial charge in [0, 0.05) is 5.69 Å². The number of carbonyl (C=O) groups excluding carboxylic acids is 1. The van der Waals surface area contributed by atoms with Crippen molar-refractivity contribution in [3.63, 3.8) is 0 Å². The summed E-state index contributed by atoms with van der Waals surface area (Å²) in [5, 5.41) is 3.35. The van der Waals surface area contributed by atoms with Crippen molar-refractivity contribution in [3.05, 3.63) is 42.5 Å². The van der Waals surface area contributed by atoms with Gasteiger partial charge in [-0.05, 0) is 19.1 Å². The van der Waals surface area contributed by atoms with Gasteiger partial charge in [-0.1, -0.05) is 55.9 Å². The van der Waals surface area contributed by atoms with Gasteiger partial charge in [-0.25, -0.2) is 0 Å². The molecule has 0 heterocycles. The van der Waals surface area contributed by atoms with E-state index >= 15 is 0 Å². The molecular formula is C18H25NO2Si. The summed E-state index contributed by atoms with van der Waals surface area (Å²) in [6.07, 6.45) is 3.70. The van der Waals surface area contributed by atoms with Crippen LogP contribution >= 0.6 is 0 Å². The van der Waals surface area contributed by atoms with E-state index in [1.807, 2.05) is 49.4 Å². The number of ether oxygens (including phenoxy) is 1. The maximum absolute atomic E-state index is 12.1. The van der Waals surface area contributed by atoms with Gasteiger partial charge in [0.1, 0.15) is 20.0 Å². The van der Waals surface area contributed by atoms with Crippen LogP contribution in [0.1, 0.15) is 6.92 Å². The summed E-state index contributed by atoms with van der Waals surface area (Å²) in [7, 11) is -0.121. The lowest BCUT2D eigenvalue weighted by atomic mass is 9.99. The Morgan fingerprint density at radius 2 is 1.91 bits per heavy atom. The molecular weight excluding hydrogens is 290 g/mol. The number of hydrogen-bond donors (Lipinski definition) is 1. The number of benzene rings is 1. The van der Waals surface area contributed by atoms with Crippen LogP contribution in [0.25, 0.3) is 0 Å². The smallest absolute Gasteiger partial charge is 0.315 e. The highest BCUT2D eigenvalue weighted by Crippen LogP contribution is 2.16. The second kappa shape index (κ2) is 8.45. The average Bonchev–Trinajstić information content (AvgIpc) is 2.48. The van der Waals surface area contributed by atoms with Gasteiger partial charge in [0.2, 0.25) is 0 Å². The Morgan fingerprint density at radius 1 is 1.27 bits per heavy atom. The lowest BCUT2D eigenvalue weighted by Crippen LogP contribution is -2.34. The normalized spacial score (nSPS) is 13.9. The fourth-order valence-corrected chi connectivity index (χ4v) is 2.48. The molecule has 0 aliphatic rings. The van der Waals surface area contributed by atoms with E-state index in [9.17, 15) is 4.79 Å². The zero-order valence-electron chi connectivity index (χ0n) is 14.0. The molecule has 0 spiro atoms. The lowest BCUT2D eigenvalue weighted by Gasteiger charge is -2.21. The number of allylic oxidation sites excluding steroid dienone is 1. The molecule has 22 heavy (non-hydrogen) atoms. The first-order chi connectivity index (χ1) is 10.4. The maximum atomic E-state index is 12.1. The van der Waals surface area contributed by atoms with E-state index in [0.29, 0.717) is 0 Å². The first kappa shape index (κ1) is 18.1. The van der Waals surface area contributed by atoms with Crippen LogP contribution in [0.5, 0.6) is 0 Å². The predicted molar refractivity (Wildman–Crippen MR) is 95.3 cm³/mol. The van der Waals surface area contributed by atoms with E-state index < -0.39 is 14.0 Å². The topological polar surface area (TPSA) is 38.3 Å². The standard InChI is InChI=1S/C18H25NO2Si/c1-6-10-16(18(20)21-2)17(13-14-22(3,4)5)19-15-11-8-7-9-12-15/h6-12,16-17,19H,1-5H3/b10-6+. The minimum atomic E-state index is -1.53. The third kappa shape index (κ3) is 6.19.